The SMILES string of the molecule is Cc1nc(S(C)(=O)=O)c(C)c(=O)[nH]1. The van der Waals surface area contributed by atoms with Crippen molar-refractivity contribution < 1.29 is 8.42 Å². The highest BCUT2D eigenvalue weighted by Crippen LogP contribution is 2.06. The minimum absolute atomic E-state index is 0.133. The van der Waals surface area contributed by atoms with Gasteiger partial charge in [0.15, 0.2) is 14.9 Å². The molecule has 0 aromatic carbocycles. The molecule has 1 rings (SSSR count). The first kappa shape index (κ1) is 9.91. The number of sulfone groups is 1. The van der Waals surface area contributed by atoms with Gasteiger partial charge >= 0.3 is 0 Å². The number of nitrogens with zero attached hydrogens (tertiary/aromatic N) is 1. The summed E-state index contributed by atoms with van der Waals surface area (Å²) in [5, 5.41) is -0.145. The molecular weight excluding hydrogens is 192 g/mol. The van der Waals surface area contributed by atoms with Crippen LogP contribution in [0.25, 0.3) is 0 Å². The fourth-order valence-electron chi connectivity index (χ4n) is 0.980. The Bertz CT molecular complexity index is 487. The Hall–Kier alpha value is -1.17. The van der Waals surface area contributed by atoms with Crippen molar-refractivity contribution in [1.82, 2.24) is 9.97 Å². The molecule has 0 aliphatic carbocycles. The second kappa shape index (κ2) is 2.95. The highest BCUT2D eigenvalue weighted by atomic mass is 32.2. The molecular formula is C7H10N2O3S. The first-order valence-electron chi connectivity index (χ1n) is 3.60. The lowest BCUT2D eigenvalue weighted by Crippen LogP contribution is -2.18. The third kappa shape index (κ3) is 1.95. The molecule has 1 aromatic rings. The Balaban J connectivity index is 3.66. The lowest BCUT2D eigenvalue weighted by atomic mass is 10.4. The van der Waals surface area contributed by atoms with E-state index < -0.39 is 15.4 Å². The van der Waals surface area contributed by atoms with Crippen molar-refractivity contribution in [2.45, 2.75) is 18.9 Å². The fraction of sp³-hybridized carbons (Fsp3) is 0.429. The molecule has 0 saturated heterocycles. The van der Waals surface area contributed by atoms with Crippen molar-refractivity contribution in [1.29, 1.82) is 0 Å². The maximum absolute atomic E-state index is 11.1. The third-order valence-corrected chi connectivity index (χ3v) is 2.68. The van der Waals surface area contributed by atoms with Crippen LogP contribution in [0.4, 0.5) is 0 Å². The first-order chi connectivity index (χ1) is 5.82. The molecule has 0 atom stereocenters. The Labute approximate surface area is 75.8 Å². The van der Waals surface area contributed by atoms with Crippen LogP contribution in [-0.4, -0.2) is 24.6 Å². The molecule has 0 unspecified atom stereocenters. The van der Waals surface area contributed by atoms with Crippen LogP contribution in [-0.2, 0) is 9.84 Å². The topological polar surface area (TPSA) is 79.9 Å². The molecule has 72 valence electrons. The number of aromatic nitrogens is 2. The first-order valence-corrected chi connectivity index (χ1v) is 5.49. The van der Waals surface area contributed by atoms with Crippen LogP contribution in [0, 0.1) is 13.8 Å². The summed E-state index contributed by atoms with van der Waals surface area (Å²) < 4.78 is 22.3. The Morgan fingerprint density at radius 1 is 1.31 bits per heavy atom. The van der Waals surface area contributed by atoms with Gasteiger partial charge in [-0.25, -0.2) is 13.4 Å². The van der Waals surface area contributed by atoms with E-state index in [2.05, 4.69) is 9.97 Å². The average Bonchev–Trinajstić information content (AvgIpc) is 1.94. The molecule has 0 aliphatic heterocycles. The zero-order valence-corrected chi connectivity index (χ0v) is 8.40. The predicted molar refractivity (Wildman–Crippen MR) is 47.4 cm³/mol. The van der Waals surface area contributed by atoms with Crippen molar-refractivity contribution in [3.05, 3.63) is 21.7 Å². The fourth-order valence-corrected chi connectivity index (χ4v) is 1.93. The molecule has 0 saturated carbocycles. The monoisotopic (exact) mass is 202 g/mol. The molecule has 1 aromatic heterocycles. The van der Waals surface area contributed by atoms with E-state index >= 15 is 0 Å². The summed E-state index contributed by atoms with van der Waals surface area (Å²) >= 11 is 0. The van der Waals surface area contributed by atoms with Gasteiger partial charge in [0.2, 0.25) is 0 Å². The lowest BCUT2D eigenvalue weighted by Gasteiger charge is -2.01. The molecule has 0 amide bonds. The van der Waals surface area contributed by atoms with Gasteiger partial charge in [0, 0.05) is 6.26 Å². The largest absolute Gasteiger partial charge is 0.310 e. The number of rotatable bonds is 1. The van der Waals surface area contributed by atoms with E-state index in [1.165, 1.54) is 13.8 Å². The quantitative estimate of drug-likeness (QED) is 0.639. The molecule has 6 heteroatoms. The van der Waals surface area contributed by atoms with Gasteiger partial charge in [-0.1, -0.05) is 0 Å². The number of nitrogens with one attached hydrogen (secondary N) is 1. The number of aryl methyl sites for hydroxylation is 1. The Morgan fingerprint density at radius 3 is 2.31 bits per heavy atom. The van der Waals surface area contributed by atoms with E-state index in [1.807, 2.05) is 0 Å². The minimum Gasteiger partial charge on any atom is -0.310 e. The standard InChI is InChI=1S/C7H10N2O3S/c1-4-6(10)8-5(2)9-7(4)13(3,11)12/h1-3H3,(H,8,9,10). The number of H-pyrrole nitrogens is 1. The Morgan fingerprint density at radius 2 is 1.85 bits per heavy atom. The van der Waals surface area contributed by atoms with Gasteiger partial charge in [0.05, 0.1) is 5.56 Å². The zero-order chi connectivity index (χ0) is 10.2. The number of aromatic amines is 1. The van der Waals surface area contributed by atoms with Gasteiger partial charge in [-0.3, -0.25) is 4.79 Å². The van der Waals surface area contributed by atoms with E-state index in [9.17, 15) is 13.2 Å². The maximum Gasteiger partial charge on any atom is 0.255 e. The van der Waals surface area contributed by atoms with Gasteiger partial charge in [0.25, 0.3) is 5.56 Å². The third-order valence-electron chi connectivity index (χ3n) is 1.58. The normalized spacial score (nSPS) is 11.6. The van der Waals surface area contributed by atoms with Gasteiger partial charge in [-0.05, 0) is 13.8 Å². The van der Waals surface area contributed by atoms with Crippen molar-refractivity contribution in [3.8, 4) is 0 Å². The maximum atomic E-state index is 11.1. The molecule has 13 heavy (non-hydrogen) atoms. The molecule has 0 fully saturated rings. The summed E-state index contributed by atoms with van der Waals surface area (Å²) in [5.41, 5.74) is -0.277. The highest BCUT2D eigenvalue weighted by Gasteiger charge is 2.15. The van der Waals surface area contributed by atoms with Gasteiger partial charge < -0.3 is 4.98 Å². The van der Waals surface area contributed by atoms with E-state index in [0.717, 1.165) is 6.26 Å². The van der Waals surface area contributed by atoms with E-state index in [1.54, 1.807) is 0 Å². The van der Waals surface area contributed by atoms with Crippen molar-refractivity contribution >= 4 is 9.84 Å². The summed E-state index contributed by atoms with van der Waals surface area (Å²) in [5.74, 6) is 0.302. The molecule has 0 aliphatic rings. The summed E-state index contributed by atoms with van der Waals surface area (Å²) in [6.07, 6.45) is 1.03. The predicted octanol–water partition coefficient (Wildman–Crippen LogP) is -0.210. The number of hydrogen-bond donors (Lipinski definition) is 1. The highest BCUT2D eigenvalue weighted by molar-refractivity contribution is 7.90. The van der Waals surface area contributed by atoms with Gasteiger partial charge in [-0.15, -0.1) is 0 Å². The smallest absolute Gasteiger partial charge is 0.255 e. The summed E-state index contributed by atoms with van der Waals surface area (Å²) in [7, 11) is -3.41. The second-order valence-electron chi connectivity index (χ2n) is 2.85. The van der Waals surface area contributed by atoms with Gasteiger partial charge in [0.1, 0.15) is 5.82 Å². The van der Waals surface area contributed by atoms with E-state index in [0.29, 0.717) is 5.82 Å². The van der Waals surface area contributed by atoms with Crippen molar-refractivity contribution in [2.75, 3.05) is 6.26 Å². The summed E-state index contributed by atoms with van der Waals surface area (Å²) in [4.78, 5) is 17.3. The van der Waals surface area contributed by atoms with Crippen molar-refractivity contribution in [2.24, 2.45) is 0 Å². The van der Waals surface area contributed by atoms with E-state index in [-0.39, 0.29) is 10.6 Å². The molecule has 1 heterocycles. The molecule has 0 spiro atoms. The minimum atomic E-state index is -3.41. The molecule has 0 radical (unpaired) electrons. The molecule has 1 N–H and O–H groups in total. The lowest BCUT2D eigenvalue weighted by molar-refractivity contribution is 0.595. The van der Waals surface area contributed by atoms with Crippen LogP contribution in [0.3, 0.4) is 0 Å². The van der Waals surface area contributed by atoms with Crippen LogP contribution in [0.15, 0.2) is 9.82 Å². The van der Waals surface area contributed by atoms with E-state index in [4.69, 9.17) is 0 Å². The van der Waals surface area contributed by atoms with Crippen LogP contribution in [0.2, 0.25) is 0 Å². The van der Waals surface area contributed by atoms with Crippen LogP contribution >= 0.6 is 0 Å². The molecule has 5 nitrogen and oxygen atoms in total. The second-order valence-corrected chi connectivity index (χ2v) is 4.78. The van der Waals surface area contributed by atoms with Crippen LogP contribution in [0.1, 0.15) is 11.4 Å². The number of hydrogen-bond acceptors (Lipinski definition) is 4. The average molecular weight is 202 g/mol. The van der Waals surface area contributed by atoms with Crippen LogP contribution in [0.5, 0.6) is 0 Å². The summed E-state index contributed by atoms with van der Waals surface area (Å²) in [6.45, 7) is 2.97. The molecule has 0 bridgehead atoms. The summed E-state index contributed by atoms with van der Waals surface area (Å²) in [6, 6.07) is 0. The zero-order valence-electron chi connectivity index (χ0n) is 7.58. The van der Waals surface area contributed by atoms with Crippen molar-refractivity contribution in [3.63, 3.8) is 0 Å². The van der Waals surface area contributed by atoms with Gasteiger partial charge in [-0.2, -0.15) is 0 Å². The van der Waals surface area contributed by atoms with Crippen LogP contribution < -0.4 is 5.56 Å². The Kier molecular flexibility index (Phi) is 2.25.